The van der Waals surface area contributed by atoms with E-state index in [-0.39, 0.29) is 0 Å². The van der Waals surface area contributed by atoms with Crippen molar-refractivity contribution in [3.8, 4) is 0 Å². The molecule has 1 nitrogen and oxygen atoms in total. The van der Waals surface area contributed by atoms with E-state index in [1.807, 2.05) is 6.08 Å². The van der Waals surface area contributed by atoms with Gasteiger partial charge in [0.25, 0.3) is 0 Å². The van der Waals surface area contributed by atoms with Crippen LogP contribution in [-0.4, -0.2) is 5.78 Å². The molecule has 0 unspecified atom stereocenters. The Morgan fingerprint density at radius 1 is 1.47 bits per heavy atom. The van der Waals surface area contributed by atoms with Gasteiger partial charge in [0.15, 0.2) is 5.78 Å². The zero-order valence-electron chi connectivity index (χ0n) is 9.75. The molecular formula is C14H20O. The van der Waals surface area contributed by atoms with Crippen molar-refractivity contribution in [1.29, 1.82) is 0 Å². The molecule has 0 N–H and O–H groups in total. The highest BCUT2D eigenvalue weighted by Gasteiger charge is 2.46. The van der Waals surface area contributed by atoms with Crippen LogP contribution < -0.4 is 0 Å². The molecule has 0 aromatic heterocycles. The molecule has 2 aliphatic rings. The smallest absolute Gasteiger partial charge is 0.155 e. The van der Waals surface area contributed by atoms with Crippen molar-refractivity contribution in [1.82, 2.24) is 0 Å². The van der Waals surface area contributed by atoms with Crippen LogP contribution in [0.3, 0.4) is 0 Å². The molecule has 0 aliphatic heterocycles. The SMILES string of the molecule is C=C[C@@H]1[C@@H](C2=CC(=O)CCC2)CC1(C)C. The molecule has 1 heteroatoms. The number of allylic oxidation sites excluding steroid dienone is 3. The summed E-state index contributed by atoms with van der Waals surface area (Å²) in [4.78, 5) is 11.4. The van der Waals surface area contributed by atoms with Gasteiger partial charge in [-0.25, -0.2) is 0 Å². The number of carbonyl (C=O) groups is 1. The van der Waals surface area contributed by atoms with Crippen molar-refractivity contribution in [2.24, 2.45) is 17.3 Å². The summed E-state index contributed by atoms with van der Waals surface area (Å²) < 4.78 is 0. The Balaban J connectivity index is 2.13. The molecule has 82 valence electrons. The molecule has 2 aliphatic carbocycles. The first-order valence-electron chi connectivity index (χ1n) is 5.90. The van der Waals surface area contributed by atoms with Crippen LogP contribution in [-0.2, 0) is 4.79 Å². The van der Waals surface area contributed by atoms with E-state index < -0.39 is 0 Å². The predicted octanol–water partition coefficient (Wildman–Crippen LogP) is 3.51. The summed E-state index contributed by atoms with van der Waals surface area (Å²) in [5.74, 6) is 1.49. The zero-order valence-corrected chi connectivity index (χ0v) is 9.75. The van der Waals surface area contributed by atoms with Crippen LogP contribution >= 0.6 is 0 Å². The first-order chi connectivity index (χ1) is 7.04. The summed E-state index contributed by atoms with van der Waals surface area (Å²) in [6, 6.07) is 0. The molecule has 0 amide bonds. The molecule has 0 bridgehead atoms. The largest absolute Gasteiger partial charge is 0.295 e. The van der Waals surface area contributed by atoms with Gasteiger partial charge >= 0.3 is 0 Å². The van der Waals surface area contributed by atoms with Gasteiger partial charge in [0, 0.05) is 6.42 Å². The standard InChI is InChI=1S/C14H20O/c1-4-13-12(9-14(13,2)3)10-6-5-7-11(15)8-10/h4,8,12-13H,1,5-7,9H2,2-3H3/t12-,13-/m1/s1. The lowest BCUT2D eigenvalue weighted by Gasteiger charge is -2.51. The molecule has 0 heterocycles. The summed E-state index contributed by atoms with van der Waals surface area (Å²) in [5, 5.41) is 0. The topological polar surface area (TPSA) is 17.1 Å². The molecule has 0 saturated heterocycles. The van der Waals surface area contributed by atoms with E-state index in [1.165, 1.54) is 12.0 Å². The number of hydrogen-bond donors (Lipinski definition) is 0. The Morgan fingerprint density at radius 2 is 2.20 bits per heavy atom. The lowest BCUT2D eigenvalue weighted by Crippen LogP contribution is -2.43. The van der Waals surface area contributed by atoms with Crippen LogP contribution in [0, 0.1) is 17.3 Å². The average molecular weight is 204 g/mol. The zero-order chi connectivity index (χ0) is 11.1. The van der Waals surface area contributed by atoms with E-state index in [9.17, 15) is 4.79 Å². The molecule has 0 aromatic carbocycles. The lowest BCUT2D eigenvalue weighted by molar-refractivity contribution is -0.115. The monoisotopic (exact) mass is 204 g/mol. The second kappa shape index (κ2) is 3.62. The van der Waals surface area contributed by atoms with Gasteiger partial charge in [0.05, 0.1) is 0 Å². The van der Waals surface area contributed by atoms with Crippen LogP contribution in [0.25, 0.3) is 0 Å². The van der Waals surface area contributed by atoms with Crippen LogP contribution in [0.4, 0.5) is 0 Å². The van der Waals surface area contributed by atoms with Gasteiger partial charge in [-0.3, -0.25) is 4.79 Å². The van der Waals surface area contributed by atoms with Crippen LogP contribution in [0.2, 0.25) is 0 Å². The number of hydrogen-bond acceptors (Lipinski definition) is 1. The highest BCUT2D eigenvalue weighted by molar-refractivity contribution is 5.91. The number of rotatable bonds is 2. The fourth-order valence-electron chi connectivity index (χ4n) is 3.17. The Hall–Kier alpha value is -0.850. The van der Waals surface area contributed by atoms with Gasteiger partial charge in [0.2, 0.25) is 0 Å². The molecular weight excluding hydrogens is 184 g/mol. The maximum Gasteiger partial charge on any atom is 0.155 e. The Labute approximate surface area is 92.3 Å². The molecule has 0 radical (unpaired) electrons. The minimum Gasteiger partial charge on any atom is -0.295 e. The average Bonchev–Trinajstić information content (AvgIpc) is 2.15. The second-order valence-corrected chi connectivity index (χ2v) is 5.60. The van der Waals surface area contributed by atoms with E-state index >= 15 is 0 Å². The minimum atomic E-state index is 0.323. The van der Waals surface area contributed by atoms with E-state index in [4.69, 9.17) is 0 Å². The third kappa shape index (κ3) is 1.80. The molecule has 0 aromatic rings. The maximum absolute atomic E-state index is 11.4. The normalized spacial score (nSPS) is 34.3. The van der Waals surface area contributed by atoms with Crippen molar-refractivity contribution >= 4 is 5.78 Å². The van der Waals surface area contributed by atoms with Gasteiger partial charge in [0.1, 0.15) is 0 Å². The Kier molecular flexibility index (Phi) is 2.57. The minimum absolute atomic E-state index is 0.323. The van der Waals surface area contributed by atoms with E-state index in [0.717, 1.165) is 19.3 Å². The quantitative estimate of drug-likeness (QED) is 0.629. The summed E-state index contributed by atoms with van der Waals surface area (Å²) in [7, 11) is 0. The van der Waals surface area contributed by atoms with E-state index in [0.29, 0.717) is 23.0 Å². The van der Waals surface area contributed by atoms with Gasteiger partial charge in [-0.05, 0) is 42.6 Å². The molecule has 1 fully saturated rings. The third-order valence-electron chi connectivity index (χ3n) is 4.05. The molecule has 2 rings (SSSR count). The molecule has 15 heavy (non-hydrogen) atoms. The second-order valence-electron chi connectivity index (χ2n) is 5.60. The van der Waals surface area contributed by atoms with Crippen LogP contribution in [0.1, 0.15) is 39.5 Å². The van der Waals surface area contributed by atoms with Crippen molar-refractivity contribution in [2.75, 3.05) is 0 Å². The fourth-order valence-corrected chi connectivity index (χ4v) is 3.17. The molecule has 0 spiro atoms. The number of ketones is 1. The summed E-state index contributed by atoms with van der Waals surface area (Å²) in [6.45, 7) is 8.52. The van der Waals surface area contributed by atoms with Crippen LogP contribution in [0.5, 0.6) is 0 Å². The highest BCUT2D eigenvalue weighted by Crippen LogP contribution is 2.55. The van der Waals surface area contributed by atoms with Gasteiger partial charge in [-0.15, -0.1) is 6.58 Å². The summed E-state index contributed by atoms with van der Waals surface area (Å²) >= 11 is 0. The summed E-state index contributed by atoms with van der Waals surface area (Å²) in [6.07, 6.45) is 8.11. The number of carbonyl (C=O) groups excluding carboxylic acids is 1. The van der Waals surface area contributed by atoms with E-state index in [2.05, 4.69) is 26.5 Å². The highest BCUT2D eigenvalue weighted by atomic mass is 16.1. The molecule has 1 saturated carbocycles. The van der Waals surface area contributed by atoms with Gasteiger partial charge in [-0.1, -0.05) is 25.5 Å². The van der Waals surface area contributed by atoms with E-state index in [1.54, 1.807) is 0 Å². The third-order valence-corrected chi connectivity index (χ3v) is 4.05. The van der Waals surface area contributed by atoms with Gasteiger partial charge in [-0.2, -0.15) is 0 Å². The fraction of sp³-hybridized carbons (Fsp3) is 0.643. The van der Waals surface area contributed by atoms with Crippen molar-refractivity contribution in [3.63, 3.8) is 0 Å². The summed E-state index contributed by atoms with van der Waals surface area (Å²) in [5.41, 5.74) is 1.77. The van der Waals surface area contributed by atoms with Crippen LogP contribution in [0.15, 0.2) is 24.3 Å². The van der Waals surface area contributed by atoms with Crippen molar-refractivity contribution in [2.45, 2.75) is 39.5 Å². The lowest BCUT2D eigenvalue weighted by atomic mass is 9.53. The van der Waals surface area contributed by atoms with Crippen molar-refractivity contribution in [3.05, 3.63) is 24.3 Å². The maximum atomic E-state index is 11.4. The first-order valence-corrected chi connectivity index (χ1v) is 5.90. The van der Waals surface area contributed by atoms with Crippen molar-refractivity contribution < 1.29 is 4.79 Å². The first kappa shape index (κ1) is 10.7. The predicted molar refractivity (Wildman–Crippen MR) is 62.5 cm³/mol. The Morgan fingerprint density at radius 3 is 2.73 bits per heavy atom. The molecule has 2 atom stereocenters. The Bertz CT molecular complexity index is 322. The van der Waals surface area contributed by atoms with Gasteiger partial charge < -0.3 is 0 Å².